The molecule has 4 nitrogen and oxygen atoms in total. The molecule has 0 saturated heterocycles. The second kappa shape index (κ2) is 8.90. The quantitative estimate of drug-likeness (QED) is 0.469. The van der Waals surface area contributed by atoms with Crippen molar-refractivity contribution in [3.8, 4) is 0 Å². The highest BCUT2D eigenvalue weighted by molar-refractivity contribution is 5.69. The summed E-state index contributed by atoms with van der Waals surface area (Å²) < 4.78 is 21.3. The van der Waals surface area contributed by atoms with Gasteiger partial charge in [-0.1, -0.05) is 6.92 Å². The van der Waals surface area contributed by atoms with Crippen LogP contribution in [-0.4, -0.2) is 43.7 Å². The second-order valence-corrected chi connectivity index (χ2v) is 2.81. The molecule has 14 heavy (non-hydrogen) atoms. The molecule has 5 heteroatoms. The maximum absolute atomic E-state index is 11.6. The average molecular weight is 207 g/mol. The fourth-order valence-electron chi connectivity index (χ4n) is 0.842. The summed E-state index contributed by atoms with van der Waals surface area (Å²) in [5, 5.41) is 8.79. The number of esters is 1. The van der Waals surface area contributed by atoms with E-state index in [0.29, 0.717) is 12.8 Å². The average Bonchev–Trinajstić information content (AvgIpc) is 2.17. The van der Waals surface area contributed by atoms with Gasteiger partial charge >= 0.3 is 5.97 Å². The van der Waals surface area contributed by atoms with Gasteiger partial charge in [0.05, 0.1) is 19.8 Å². The van der Waals surface area contributed by atoms with Crippen molar-refractivity contribution in [2.24, 2.45) is 0 Å². The fourth-order valence-corrected chi connectivity index (χ4v) is 0.842. The van der Waals surface area contributed by atoms with Gasteiger partial charge in [0, 0.05) is 6.42 Å². The molecule has 0 amide bonds. The SMILES string of the molecule is CCCC(=O)OC(CO)COCC[18F]. The van der Waals surface area contributed by atoms with E-state index in [0.717, 1.165) is 0 Å². The Morgan fingerprint density at radius 3 is 2.79 bits per heavy atom. The molecular formula is C9H17FO4. The lowest BCUT2D eigenvalue weighted by Gasteiger charge is -2.14. The summed E-state index contributed by atoms with van der Waals surface area (Å²) in [6.07, 6.45) is 0.336. The van der Waals surface area contributed by atoms with Gasteiger partial charge in [-0.2, -0.15) is 0 Å². The zero-order valence-electron chi connectivity index (χ0n) is 8.37. The Bertz CT molecular complexity index is 152. The van der Waals surface area contributed by atoms with Crippen LogP contribution >= 0.6 is 0 Å². The molecule has 0 aromatic rings. The third-order valence-corrected chi connectivity index (χ3v) is 1.48. The van der Waals surface area contributed by atoms with E-state index in [1.165, 1.54) is 0 Å². The maximum Gasteiger partial charge on any atom is 0.306 e. The molecule has 1 unspecified atom stereocenters. The number of rotatable bonds is 8. The Labute approximate surface area is 83.0 Å². The van der Waals surface area contributed by atoms with Gasteiger partial charge in [-0.15, -0.1) is 0 Å². The summed E-state index contributed by atoms with van der Waals surface area (Å²) in [5.41, 5.74) is 0. The van der Waals surface area contributed by atoms with Crippen molar-refractivity contribution in [3.05, 3.63) is 0 Å². The third kappa shape index (κ3) is 6.80. The summed E-state index contributed by atoms with van der Waals surface area (Å²) in [5.74, 6) is -0.365. The minimum atomic E-state index is -0.680. The Balaban J connectivity index is 3.61. The number of aliphatic hydroxyl groups is 1. The molecule has 0 bridgehead atoms. The first-order valence-electron chi connectivity index (χ1n) is 4.68. The molecule has 0 aliphatic rings. The molecule has 0 spiro atoms. The lowest BCUT2D eigenvalue weighted by Crippen LogP contribution is -2.27. The Morgan fingerprint density at radius 1 is 1.57 bits per heavy atom. The van der Waals surface area contributed by atoms with E-state index in [1.54, 1.807) is 0 Å². The highest BCUT2D eigenvalue weighted by Crippen LogP contribution is 1.98. The number of ether oxygens (including phenoxy) is 2. The summed E-state index contributed by atoms with van der Waals surface area (Å²) >= 11 is 0. The number of alkyl halides is 1. The van der Waals surface area contributed by atoms with Gasteiger partial charge in [0.1, 0.15) is 12.8 Å². The van der Waals surface area contributed by atoms with E-state index < -0.39 is 12.8 Å². The standard InChI is InChI=1S/C9H17FO4/c1-2-3-9(12)14-8(6-11)7-13-5-4-10/h8,11H,2-7H2,1H3/i10-1. The topological polar surface area (TPSA) is 55.8 Å². The van der Waals surface area contributed by atoms with Gasteiger partial charge in [0.2, 0.25) is 0 Å². The van der Waals surface area contributed by atoms with Gasteiger partial charge in [-0.25, -0.2) is 4.39 Å². The predicted molar refractivity (Wildman–Crippen MR) is 48.7 cm³/mol. The molecule has 0 aliphatic heterocycles. The minimum absolute atomic E-state index is 0.0376. The molecule has 0 aromatic carbocycles. The number of carbonyl (C=O) groups excluding carboxylic acids is 1. The van der Waals surface area contributed by atoms with Crippen LogP contribution < -0.4 is 0 Å². The van der Waals surface area contributed by atoms with Crippen LogP contribution in [0.25, 0.3) is 0 Å². The molecule has 0 aliphatic carbocycles. The van der Waals surface area contributed by atoms with Crippen LogP contribution in [0.3, 0.4) is 0 Å². The van der Waals surface area contributed by atoms with Crippen LogP contribution in [0.5, 0.6) is 0 Å². The molecule has 0 rings (SSSR count). The van der Waals surface area contributed by atoms with Gasteiger partial charge in [0.15, 0.2) is 0 Å². The number of hydrogen-bond donors (Lipinski definition) is 1. The van der Waals surface area contributed by atoms with Crippen molar-refractivity contribution in [1.82, 2.24) is 0 Å². The van der Waals surface area contributed by atoms with Crippen molar-refractivity contribution < 1.29 is 23.8 Å². The molecule has 0 heterocycles. The number of hydrogen-bond acceptors (Lipinski definition) is 4. The van der Waals surface area contributed by atoms with Crippen molar-refractivity contribution in [2.75, 3.05) is 26.5 Å². The summed E-state index contributed by atoms with van der Waals surface area (Å²) in [6, 6.07) is 0. The highest BCUT2D eigenvalue weighted by atomic mass is 18.2. The smallest absolute Gasteiger partial charge is 0.306 e. The van der Waals surface area contributed by atoms with Crippen LogP contribution in [0.15, 0.2) is 0 Å². The number of aliphatic hydroxyl groups excluding tert-OH is 1. The molecule has 0 aromatic heterocycles. The molecule has 0 fully saturated rings. The monoisotopic (exact) mass is 207 g/mol. The summed E-state index contributed by atoms with van der Waals surface area (Å²) in [4.78, 5) is 11.0. The van der Waals surface area contributed by atoms with Gasteiger partial charge in [0.25, 0.3) is 0 Å². The lowest BCUT2D eigenvalue weighted by molar-refractivity contribution is -0.154. The summed E-state index contributed by atoms with van der Waals surface area (Å²) in [7, 11) is 0. The first kappa shape index (κ1) is 13.3. The van der Waals surface area contributed by atoms with E-state index in [9.17, 15) is 9.18 Å². The largest absolute Gasteiger partial charge is 0.457 e. The normalized spacial score (nSPS) is 12.5. The maximum atomic E-state index is 11.6. The summed E-state index contributed by atoms with van der Waals surface area (Å²) in [6.45, 7) is 0.968. The Hall–Kier alpha value is -0.680. The first-order valence-corrected chi connectivity index (χ1v) is 4.68. The van der Waals surface area contributed by atoms with Gasteiger partial charge < -0.3 is 14.6 Å². The molecule has 0 radical (unpaired) electrons. The van der Waals surface area contributed by atoms with Crippen LogP contribution in [0.1, 0.15) is 19.8 Å². The number of carbonyl (C=O) groups is 1. The van der Waals surface area contributed by atoms with E-state index in [1.807, 2.05) is 6.92 Å². The highest BCUT2D eigenvalue weighted by Gasteiger charge is 2.12. The van der Waals surface area contributed by atoms with Crippen molar-refractivity contribution in [1.29, 1.82) is 0 Å². The van der Waals surface area contributed by atoms with E-state index in [-0.39, 0.29) is 25.8 Å². The molecule has 84 valence electrons. The number of halogens is 1. The van der Waals surface area contributed by atoms with Crippen LogP contribution in [0.4, 0.5) is 4.39 Å². The molecular weight excluding hydrogens is 190 g/mol. The van der Waals surface area contributed by atoms with Crippen LogP contribution in [-0.2, 0) is 14.3 Å². The van der Waals surface area contributed by atoms with E-state index >= 15 is 0 Å². The van der Waals surface area contributed by atoms with Crippen molar-refractivity contribution in [2.45, 2.75) is 25.9 Å². The fraction of sp³-hybridized carbons (Fsp3) is 0.889. The zero-order chi connectivity index (χ0) is 10.8. The van der Waals surface area contributed by atoms with Crippen LogP contribution in [0.2, 0.25) is 0 Å². The first-order chi connectivity index (χ1) is 6.74. The van der Waals surface area contributed by atoms with E-state index in [4.69, 9.17) is 14.6 Å². The van der Waals surface area contributed by atoms with Crippen molar-refractivity contribution >= 4 is 5.97 Å². The Kier molecular flexibility index (Phi) is 8.47. The third-order valence-electron chi connectivity index (χ3n) is 1.48. The van der Waals surface area contributed by atoms with Gasteiger partial charge in [-0.05, 0) is 6.42 Å². The van der Waals surface area contributed by atoms with Crippen molar-refractivity contribution in [3.63, 3.8) is 0 Å². The molecule has 0 saturated carbocycles. The lowest BCUT2D eigenvalue weighted by atomic mass is 10.3. The predicted octanol–water partition coefficient (Wildman–Crippen LogP) is 0.677. The molecule has 1 atom stereocenters. The minimum Gasteiger partial charge on any atom is -0.457 e. The molecule has 1 N–H and O–H groups in total. The van der Waals surface area contributed by atoms with Gasteiger partial charge in [-0.3, -0.25) is 4.79 Å². The second-order valence-electron chi connectivity index (χ2n) is 2.81. The van der Waals surface area contributed by atoms with Crippen LogP contribution in [0, 0.1) is 0 Å². The Morgan fingerprint density at radius 2 is 2.29 bits per heavy atom. The zero-order valence-corrected chi connectivity index (χ0v) is 8.37. The van der Waals surface area contributed by atoms with E-state index in [2.05, 4.69) is 0 Å².